The summed E-state index contributed by atoms with van der Waals surface area (Å²) in [6.07, 6.45) is 0. The maximum absolute atomic E-state index is 3.49. The quantitative estimate of drug-likeness (QED) is 0.740. The summed E-state index contributed by atoms with van der Waals surface area (Å²) in [7, 11) is 4.15. The normalized spacial score (nSPS) is 10.8. The summed E-state index contributed by atoms with van der Waals surface area (Å²) in [6, 6.07) is 2.15. The van der Waals surface area contributed by atoms with Gasteiger partial charge in [-0.15, -0.1) is 11.3 Å². The van der Waals surface area contributed by atoms with E-state index in [-0.39, 0.29) is 0 Å². The third-order valence-corrected chi connectivity index (χ3v) is 2.99. The minimum Gasteiger partial charge on any atom is -0.305 e. The maximum atomic E-state index is 3.49. The molecule has 1 nitrogen and oxygen atoms in total. The van der Waals surface area contributed by atoms with Gasteiger partial charge in [-0.25, -0.2) is 0 Å². The van der Waals surface area contributed by atoms with E-state index in [0.29, 0.717) is 0 Å². The Morgan fingerprint density at radius 2 is 2.30 bits per heavy atom. The Balaban J connectivity index is 2.65. The molecule has 0 aliphatic rings. The second-order valence-electron chi connectivity index (χ2n) is 2.46. The molecular formula is C7H10BrNS. The molecule has 0 aromatic carbocycles. The molecule has 0 aliphatic carbocycles. The van der Waals surface area contributed by atoms with E-state index in [1.54, 1.807) is 11.3 Å². The van der Waals surface area contributed by atoms with Crippen molar-refractivity contribution >= 4 is 27.3 Å². The average Bonchev–Trinajstić information content (AvgIpc) is 2.15. The van der Waals surface area contributed by atoms with Crippen molar-refractivity contribution in [2.24, 2.45) is 0 Å². The molecule has 0 amide bonds. The largest absolute Gasteiger partial charge is 0.305 e. The zero-order chi connectivity index (χ0) is 7.56. The lowest BCUT2D eigenvalue weighted by molar-refractivity contribution is 0.402. The molecule has 0 spiro atoms. The third-order valence-electron chi connectivity index (χ3n) is 1.18. The highest BCUT2D eigenvalue weighted by atomic mass is 79.9. The maximum Gasteiger partial charge on any atom is 0.0743 e. The van der Waals surface area contributed by atoms with E-state index >= 15 is 0 Å². The molecule has 1 rings (SSSR count). The summed E-state index contributed by atoms with van der Waals surface area (Å²) in [4.78, 5) is 2.16. The lowest BCUT2D eigenvalue weighted by atomic mass is 10.3. The van der Waals surface area contributed by atoms with Crippen molar-refractivity contribution in [2.75, 3.05) is 14.1 Å². The number of hydrogen-bond donors (Lipinski definition) is 0. The first kappa shape index (κ1) is 8.24. The third kappa shape index (κ3) is 2.08. The first-order chi connectivity index (χ1) is 4.70. The first-order valence-corrected chi connectivity index (χ1v) is 4.74. The fraction of sp³-hybridized carbons (Fsp3) is 0.429. The second kappa shape index (κ2) is 3.51. The van der Waals surface area contributed by atoms with Crippen molar-refractivity contribution in [1.29, 1.82) is 0 Å². The highest BCUT2D eigenvalue weighted by molar-refractivity contribution is 9.11. The predicted molar refractivity (Wildman–Crippen MR) is 49.4 cm³/mol. The van der Waals surface area contributed by atoms with E-state index in [1.165, 1.54) is 9.35 Å². The van der Waals surface area contributed by atoms with E-state index in [0.717, 1.165) is 6.54 Å². The van der Waals surface area contributed by atoms with Gasteiger partial charge >= 0.3 is 0 Å². The first-order valence-electron chi connectivity index (χ1n) is 3.07. The van der Waals surface area contributed by atoms with Crippen LogP contribution in [0.1, 0.15) is 5.56 Å². The number of halogens is 1. The molecule has 0 fully saturated rings. The van der Waals surface area contributed by atoms with Crippen LogP contribution in [0.4, 0.5) is 0 Å². The Kier molecular flexibility index (Phi) is 2.89. The van der Waals surface area contributed by atoms with Crippen LogP contribution in [-0.4, -0.2) is 19.0 Å². The lowest BCUT2D eigenvalue weighted by Gasteiger charge is -2.07. The molecule has 0 N–H and O–H groups in total. The van der Waals surface area contributed by atoms with Crippen molar-refractivity contribution < 1.29 is 0 Å². The highest BCUT2D eigenvalue weighted by Gasteiger charge is 2.00. The molecule has 0 bridgehead atoms. The molecule has 10 heavy (non-hydrogen) atoms. The van der Waals surface area contributed by atoms with Crippen LogP contribution in [0.25, 0.3) is 0 Å². The standard InChI is InChI=1S/C7H10BrNS/c1-9(2)5-6-3-4-10-7(6)8/h3-4H,5H2,1-2H3. The topological polar surface area (TPSA) is 3.24 Å². The smallest absolute Gasteiger partial charge is 0.0743 e. The summed E-state index contributed by atoms with van der Waals surface area (Å²) < 4.78 is 1.25. The Morgan fingerprint density at radius 3 is 2.70 bits per heavy atom. The molecular weight excluding hydrogens is 210 g/mol. The zero-order valence-electron chi connectivity index (χ0n) is 6.10. The van der Waals surface area contributed by atoms with Crippen molar-refractivity contribution in [3.63, 3.8) is 0 Å². The summed E-state index contributed by atoms with van der Waals surface area (Å²) in [5, 5.41) is 2.10. The molecule has 0 saturated carbocycles. The minimum atomic E-state index is 1.02. The molecule has 0 unspecified atom stereocenters. The van der Waals surface area contributed by atoms with Crippen molar-refractivity contribution in [1.82, 2.24) is 4.90 Å². The molecule has 3 heteroatoms. The van der Waals surface area contributed by atoms with E-state index in [1.807, 2.05) is 0 Å². The van der Waals surface area contributed by atoms with Crippen molar-refractivity contribution in [3.8, 4) is 0 Å². The van der Waals surface area contributed by atoms with Gasteiger partial charge in [-0.05, 0) is 47.0 Å². The molecule has 1 heterocycles. The minimum absolute atomic E-state index is 1.02. The van der Waals surface area contributed by atoms with Gasteiger partial charge < -0.3 is 4.90 Å². The molecule has 0 aliphatic heterocycles. The predicted octanol–water partition coefficient (Wildman–Crippen LogP) is 2.57. The SMILES string of the molecule is CN(C)Cc1ccsc1Br. The lowest BCUT2D eigenvalue weighted by Crippen LogP contribution is -2.09. The van der Waals surface area contributed by atoms with E-state index in [9.17, 15) is 0 Å². The van der Waals surface area contributed by atoms with Crippen LogP contribution in [0.15, 0.2) is 15.2 Å². The van der Waals surface area contributed by atoms with Gasteiger partial charge in [0, 0.05) is 6.54 Å². The fourth-order valence-electron chi connectivity index (χ4n) is 0.773. The van der Waals surface area contributed by atoms with Gasteiger partial charge in [-0.2, -0.15) is 0 Å². The van der Waals surface area contributed by atoms with Crippen LogP contribution < -0.4 is 0 Å². The molecule has 1 aromatic heterocycles. The Morgan fingerprint density at radius 1 is 1.60 bits per heavy atom. The van der Waals surface area contributed by atoms with Gasteiger partial charge in [0.25, 0.3) is 0 Å². The molecule has 56 valence electrons. The van der Waals surface area contributed by atoms with Crippen LogP contribution in [-0.2, 0) is 6.54 Å². The van der Waals surface area contributed by atoms with Crippen LogP contribution >= 0.6 is 27.3 Å². The zero-order valence-corrected chi connectivity index (χ0v) is 8.50. The molecule has 0 saturated heterocycles. The van der Waals surface area contributed by atoms with Gasteiger partial charge in [0.1, 0.15) is 0 Å². The van der Waals surface area contributed by atoms with Crippen LogP contribution in [0, 0.1) is 0 Å². The van der Waals surface area contributed by atoms with Crippen LogP contribution in [0.5, 0.6) is 0 Å². The van der Waals surface area contributed by atoms with Crippen LogP contribution in [0.2, 0.25) is 0 Å². The van der Waals surface area contributed by atoms with Crippen molar-refractivity contribution in [3.05, 3.63) is 20.8 Å². The summed E-state index contributed by atoms with van der Waals surface area (Å²) in [5.74, 6) is 0. The summed E-state index contributed by atoms with van der Waals surface area (Å²) in [6.45, 7) is 1.02. The van der Waals surface area contributed by atoms with E-state index < -0.39 is 0 Å². The summed E-state index contributed by atoms with van der Waals surface area (Å²) >= 11 is 5.22. The van der Waals surface area contributed by atoms with Gasteiger partial charge in [-0.3, -0.25) is 0 Å². The van der Waals surface area contributed by atoms with E-state index in [4.69, 9.17) is 0 Å². The number of hydrogen-bond acceptors (Lipinski definition) is 2. The molecule has 1 aromatic rings. The highest BCUT2D eigenvalue weighted by Crippen LogP contribution is 2.23. The number of rotatable bonds is 2. The molecule has 0 radical (unpaired) electrons. The fourth-order valence-corrected chi connectivity index (χ4v) is 1.99. The Labute approximate surface area is 73.8 Å². The van der Waals surface area contributed by atoms with E-state index in [2.05, 4.69) is 46.4 Å². The number of thiophene rings is 1. The van der Waals surface area contributed by atoms with Gasteiger partial charge in [-0.1, -0.05) is 0 Å². The van der Waals surface area contributed by atoms with Gasteiger partial charge in [0.2, 0.25) is 0 Å². The molecule has 0 atom stereocenters. The Hall–Kier alpha value is 0.140. The second-order valence-corrected chi connectivity index (χ2v) is 4.69. The number of nitrogens with zero attached hydrogens (tertiary/aromatic N) is 1. The van der Waals surface area contributed by atoms with Gasteiger partial charge in [0.15, 0.2) is 0 Å². The van der Waals surface area contributed by atoms with Crippen molar-refractivity contribution in [2.45, 2.75) is 6.54 Å². The Bertz CT molecular complexity index is 207. The van der Waals surface area contributed by atoms with Gasteiger partial charge in [0.05, 0.1) is 3.79 Å². The average molecular weight is 220 g/mol. The monoisotopic (exact) mass is 219 g/mol. The summed E-state index contributed by atoms with van der Waals surface area (Å²) in [5.41, 5.74) is 1.37. The van der Waals surface area contributed by atoms with Crippen LogP contribution in [0.3, 0.4) is 0 Å².